The van der Waals surface area contributed by atoms with Crippen LogP contribution in [0.25, 0.3) is 0 Å². The molecule has 2 unspecified atom stereocenters. The zero-order chi connectivity index (χ0) is 32.4. The number of nitrogens with zero attached hydrogens (tertiary/aromatic N) is 4. The molecule has 46 heavy (non-hydrogen) atoms. The zero-order valence-corrected chi connectivity index (χ0v) is 27.6. The standard InChI is InChI=1S/C34H44BrN5O6/c35-28-20-22(5-6-31(28)42)19-27(32(43)38-13-8-24(9-14-38)37-15-11-26(41)12-16-37)30-21-25(10-18-40(30)34(45)46)39-17-7-23-3-1-2-4-29(23)36-33(39)44/h1-6,20,24-27,30,41-42H,7-19,21H2,(H,36,44)(H,45,46)/t25?,27?,30-/m1/s1. The highest BCUT2D eigenvalue weighted by atomic mass is 79.9. The first kappa shape index (κ1) is 32.6. The Balaban J connectivity index is 1.23. The van der Waals surface area contributed by atoms with Crippen LogP contribution < -0.4 is 5.32 Å². The number of anilines is 1. The summed E-state index contributed by atoms with van der Waals surface area (Å²) in [6.45, 7) is 3.66. The third-order valence-corrected chi connectivity index (χ3v) is 11.1. The van der Waals surface area contributed by atoms with Gasteiger partial charge in [0.15, 0.2) is 0 Å². The summed E-state index contributed by atoms with van der Waals surface area (Å²) < 4.78 is 0.515. The number of phenolic OH excluding ortho intramolecular Hbond substituents is 1. The number of piperidine rings is 3. The van der Waals surface area contributed by atoms with E-state index < -0.39 is 18.1 Å². The van der Waals surface area contributed by atoms with Gasteiger partial charge in [-0.1, -0.05) is 24.3 Å². The van der Waals surface area contributed by atoms with Crippen LogP contribution in [0.1, 0.15) is 49.7 Å². The number of halogens is 1. The Morgan fingerprint density at radius 1 is 0.935 bits per heavy atom. The molecule has 2 aromatic rings. The van der Waals surface area contributed by atoms with E-state index >= 15 is 0 Å². The predicted molar refractivity (Wildman–Crippen MR) is 177 cm³/mol. The number of aliphatic hydroxyl groups excluding tert-OH is 1. The molecule has 3 saturated heterocycles. The van der Waals surface area contributed by atoms with Gasteiger partial charge in [-0.25, -0.2) is 9.59 Å². The van der Waals surface area contributed by atoms with E-state index in [1.807, 2.05) is 34.1 Å². The van der Waals surface area contributed by atoms with Crippen molar-refractivity contribution in [2.45, 2.75) is 75.6 Å². The van der Waals surface area contributed by atoms with Gasteiger partial charge in [0.1, 0.15) is 5.75 Å². The second-order valence-electron chi connectivity index (χ2n) is 13.2. The lowest BCUT2D eigenvalue weighted by molar-refractivity contribution is -0.140. The molecule has 2 aromatic carbocycles. The number of urea groups is 1. The molecule has 0 saturated carbocycles. The Bertz CT molecular complexity index is 1430. The van der Waals surface area contributed by atoms with Gasteiger partial charge in [0.2, 0.25) is 5.91 Å². The Morgan fingerprint density at radius 2 is 1.65 bits per heavy atom. The lowest BCUT2D eigenvalue weighted by atomic mass is 9.82. The van der Waals surface area contributed by atoms with Gasteiger partial charge in [-0.2, -0.15) is 0 Å². The Labute approximate surface area is 278 Å². The maximum atomic E-state index is 14.5. The van der Waals surface area contributed by atoms with Crippen molar-refractivity contribution in [1.29, 1.82) is 0 Å². The van der Waals surface area contributed by atoms with E-state index in [1.165, 1.54) is 4.90 Å². The van der Waals surface area contributed by atoms with E-state index in [1.54, 1.807) is 18.2 Å². The number of amides is 4. The first-order valence-electron chi connectivity index (χ1n) is 16.5. The second kappa shape index (κ2) is 14.2. The number of likely N-dealkylation sites (tertiary alicyclic amines) is 3. The lowest BCUT2D eigenvalue weighted by Gasteiger charge is -2.46. The van der Waals surface area contributed by atoms with Gasteiger partial charge in [0, 0.05) is 63.1 Å². The van der Waals surface area contributed by atoms with Crippen LogP contribution in [0.15, 0.2) is 46.9 Å². The van der Waals surface area contributed by atoms with Crippen molar-refractivity contribution in [3.63, 3.8) is 0 Å². The largest absolute Gasteiger partial charge is 0.507 e. The summed E-state index contributed by atoms with van der Waals surface area (Å²) in [6, 6.07) is 12.2. The molecule has 0 aliphatic carbocycles. The first-order chi connectivity index (χ1) is 22.2. The second-order valence-corrected chi connectivity index (χ2v) is 14.0. The van der Waals surface area contributed by atoms with Gasteiger partial charge >= 0.3 is 12.1 Å². The normalized spacial score (nSPS) is 24.2. The number of hydrogen-bond acceptors (Lipinski definition) is 6. The summed E-state index contributed by atoms with van der Waals surface area (Å²) in [5.74, 6) is -0.636. The molecule has 0 radical (unpaired) electrons. The van der Waals surface area contributed by atoms with Crippen LogP contribution in [0.5, 0.6) is 5.75 Å². The maximum absolute atomic E-state index is 14.5. The molecule has 11 nitrogen and oxygen atoms in total. The van der Waals surface area contributed by atoms with E-state index in [4.69, 9.17) is 0 Å². The molecule has 0 bridgehead atoms. The SMILES string of the molecule is O=C(C(Cc1ccc(O)c(Br)c1)[C@H]1CC(N2CCc3ccccc3NC2=O)CCN1C(=O)O)N1CCC(N2CCC(O)CC2)CC1. The summed E-state index contributed by atoms with van der Waals surface area (Å²) >= 11 is 3.40. The van der Waals surface area contributed by atoms with Crippen molar-refractivity contribution in [3.05, 3.63) is 58.1 Å². The van der Waals surface area contributed by atoms with Crippen LogP contribution in [0, 0.1) is 5.92 Å². The van der Waals surface area contributed by atoms with Crippen molar-refractivity contribution in [2.75, 3.05) is 44.6 Å². The van der Waals surface area contributed by atoms with E-state index in [0.29, 0.717) is 55.8 Å². The summed E-state index contributed by atoms with van der Waals surface area (Å²) in [5.41, 5.74) is 2.68. The van der Waals surface area contributed by atoms with Gasteiger partial charge in [-0.15, -0.1) is 0 Å². The molecule has 0 spiro atoms. The fraction of sp³-hybridized carbons (Fsp3) is 0.559. The van der Waals surface area contributed by atoms with Crippen LogP contribution in [0.4, 0.5) is 15.3 Å². The Hall–Kier alpha value is -3.35. The Kier molecular flexibility index (Phi) is 10.0. The van der Waals surface area contributed by atoms with Crippen molar-refractivity contribution >= 4 is 39.6 Å². The smallest absolute Gasteiger partial charge is 0.407 e. The molecule has 0 aromatic heterocycles. The fourth-order valence-electron chi connectivity index (χ4n) is 7.87. The Morgan fingerprint density at radius 3 is 2.37 bits per heavy atom. The average molecular weight is 699 g/mol. The molecule has 12 heteroatoms. The number of phenols is 1. The van der Waals surface area contributed by atoms with Crippen molar-refractivity contribution in [3.8, 4) is 5.75 Å². The molecule has 4 aliphatic heterocycles. The van der Waals surface area contributed by atoms with Gasteiger partial charge in [-0.3, -0.25) is 4.79 Å². The van der Waals surface area contributed by atoms with Crippen molar-refractivity contribution < 1.29 is 29.7 Å². The number of fused-ring (bicyclic) bond motifs is 1. The van der Waals surface area contributed by atoms with E-state index in [2.05, 4.69) is 26.1 Å². The summed E-state index contributed by atoms with van der Waals surface area (Å²) in [5, 5.41) is 33.5. The minimum Gasteiger partial charge on any atom is -0.507 e. The molecule has 4 N–H and O–H groups in total. The zero-order valence-electron chi connectivity index (χ0n) is 26.1. The highest BCUT2D eigenvalue weighted by molar-refractivity contribution is 9.10. The number of benzene rings is 2. The minimum atomic E-state index is -1.06. The van der Waals surface area contributed by atoms with E-state index in [0.717, 1.165) is 55.6 Å². The number of nitrogens with one attached hydrogen (secondary N) is 1. The first-order valence-corrected chi connectivity index (χ1v) is 17.3. The number of carbonyl (C=O) groups is 3. The number of aromatic hydroxyl groups is 1. The van der Waals surface area contributed by atoms with Crippen LogP contribution in [-0.4, -0.2) is 116 Å². The number of carbonyl (C=O) groups excluding carboxylic acids is 2. The van der Waals surface area contributed by atoms with Crippen LogP contribution in [0.3, 0.4) is 0 Å². The number of para-hydroxylation sites is 1. The number of rotatable bonds is 6. The molecule has 3 fully saturated rings. The van der Waals surface area contributed by atoms with Gasteiger partial charge < -0.3 is 40.2 Å². The highest BCUT2D eigenvalue weighted by Crippen LogP contribution is 2.34. The van der Waals surface area contributed by atoms with E-state index in [9.17, 15) is 29.7 Å². The monoisotopic (exact) mass is 697 g/mol. The highest BCUT2D eigenvalue weighted by Gasteiger charge is 2.44. The third kappa shape index (κ3) is 7.13. The van der Waals surface area contributed by atoms with Crippen LogP contribution in [-0.2, 0) is 17.6 Å². The summed E-state index contributed by atoms with van der Waals surface area (Å²) in [7, 11) is 0. The number of aliphatic hydroxyl groups is 1. The molecule has 4 heterocycles. The maximum Gasteiger partial charge on any atom is 0.407 e. The van der Waals surface area contributed by atoms with Crippen LogP contribution >= 0.6 is 15.9 Å². The molecule has 3 atom stereocenters. The lowest BCUT2D eigenvalue weighted by Crippen LogP contribution is -2.59. The summed E-state index contributed by atoms with van der Waals surface area (Å²) in [6.07, 6.45) is 3.78. The molecule has 248 valence electrons. The number of hydrogen-bond donors (Lipinski definition) is 4. The quantitative estimate of drug-likeness (QED) is 0.352. The van der Waals surface area contributed by atoms with Crippen molar-refractivity contribution in [2.24, 2.45) is 5.92 Å². The molecular formula is C34H44BrN5O6. The number of carboxylic acid groups (broad SMARTS) is 1. The molecule has 4 aliphatic rings. The van der Waals surface area contributed by atoms with Gasteiger partial charge in [0.05, 0.1) is 16.5 Å². The topological polar surface area (TPSA) is 137 Å². The van der Waals surface area contributed by atoms with Crippen molar-refractivity contribution in [1.82, 2.24) is 19.6 Å². The van der Waals surface area contributed by atoms with Gasteiger partial charge in [-0.05, 0) is 96.6 Å². The van der Waals surface area contributed by atoms with Crippen LogP contribution in [0.2, 0.25) is 0 Å². The fourth-order valence-corrected chi connectivity index (χ4v) is 8.30. The predicted octanol–water partition coefficient (Wildman–Crippen LogP) is 4.36. The third-order valence-electron chi connectivity index (χ3n) is 10.5. The molecule has 6 rings (SSSR count). The van der Waals surface area contributed by atoms with Gasteiger partial charge in [0.25, 0.3) is 0 Å². The average Bonchev–Trinajstić information content (AvgIpc) is 3.23. The molecular weight excluding hydrogens is 654 g/mol. The summed E-state index contributed by atoms with van der Waals surface area (Å²) in [4.78, 5) is 48.2. The molecule has 4 amide bonds. The minimum absolute atomic E-state index is 0.0682. The van der Waals surface area contributed by atoms with E-state index in [-0.39, 0.29) is 36.4 Å².